The van der Waals surface area contributed by atoms with Gasteiger partial charge in [-0.15, -0.1) is 0 Å². The molecule has 1 aliphatic heterocycles. The quantitative estimate of drug-likeness (QED) is 0.463. The topological polar surface area (TPSA) is 104 Å². The van der Waals surface area contributed by atoms with Crippen LogP contribution in [0.15, 0.2) is 29.3 Å². The lowest BCUT2D eigenvalue weighted by Crippen LogP contribution is -2.31. The van der Waals surface area contributed by atoms with Crippen LogP contribution in [0.2, 0.25) is 0 Å². The Morgan fingerprint density at radius 1 is 1.18 bits per heavy atom. The summed E-state index contributed by atoms with van der Waals surface area (Å²) in [5.41, 5.74) is -0.487. The lowest BCUT2D eigenvalue weighted by molar-refractivity contribution is -0.137. The van der Waals surface area contributed by atoms with E-state index in [0.717, 1.165) is 30.7 Å². The molecule has 1 aromatic heterocycles. The van der Waals surface area contributed by atoms with Crippen LogP contribution in [0.5, 0.6) is 5.75 Å². The lowest BCUT2D eigenvalue weighted by atomic mass is 9.92. The maximum Gasteiger partial charge on any atom is 0.416 e. The molecule has 2 aromatic rings. The van der Waals surface area contributed by atoms with Crippen LogP contribution >= 0.6 is 0 Å². The molecule has 39 heavy (non-hydrogen) atoms. The molecular formula is C26H35F3N4O5S. The van der Waals surface area contributed by atoms with E-state index in [1.807, 2.05) is 32.5 Å². The number of aromatic nitrogens is 2. The van der Waals surface area contributed by atoms with Crippen LogP contribution < -0.4 is 14.9 Å². The molecule has 2 fully saturated rings. The number of nitrogens with zero attached hydrogens (tertiary/aromatic N) is 3. The average Bonchev–Trinajstić information content (AvgIpc) is 3.51. The van der Waals surface area contributed by atoms with Gasteiger partial charge in [0, 0.05) is 37.4 Å². The summed E-state index contributed by atoms with van der Waals surface area (Å²) >= 11 is 0. The number of benzene rings is 1. The summed E-state index contributed by atoms with van der Waals surface area (Å²) in [5.74, 6) is -1.01. The van der Waals surface area contributed by atoms with E-state index >= 15 is 0 Å². The van der Waals surface area contributed by atoms with E-state index in [4.69, 9.17) is 9.47 Å². The molecule has 4 rings (SSSR count). The Morgan fingerprint density at radius 2 is 1.90 bits per heavy atom. The van der Waals surface area contributed by atoms with E-state index in [2.05, 4.69) is 9.71 Å². The highest BCUT2D eigenvalue weighted by atomic mass is 32.2. The molecule has 216 valence electrons. The number of ether oxygens (including phenoxy) is 2. The highest BCUT2D eigenvalue weighted by Crippen LogP contribution is 2.33. The van der Waals surface area contributed by atoms with Crippen molar-refractivity contribution in [2.24, 2.45) is 12.0 Å². The van der Waals surface area contributed by atoms with Crippen molar-refractivity contribution >= 4 is 15.9 Å². The molecule has 9 nitrogen and oxygen atoms in total. The van der Waals surface area contributed by atoms with Gasteiger partial charge in [0.05, 0.1) is 29.0 Å². The number of rotatable bonds is 9. The van der Waals surface area contributed by atoms with Gasteiger partial charge in [-0.2, -0.15) is 18.2 Å². The highest BCUT2D eigenvalue weighted by molar-refractivity contribution is 7.90. The first-order valence-corrected chi connectivity index (χ1v) is 14.5. The molecule has 1 atom stereocenters. The van der Waals surface area contributed by atoms with Crippen LogP contribution in [-0.2, 0) is 39.9 Å². The summed E-state index contributed by atoms with van der Waals surface area (Å²) in [5, 5.41) is -0.412. The minimum Gasteiger partial charge on any atom is -0.491 e. The lowest BCUT2D eigenvalue weighted by Gasteiger charge is -2.21. The number of carbonyl (C=O) groups is 1. The number of hydrogen-bond donors (Lipinski definition) is 1. The van der Waals surface area contributed by atoms with Crippen molar-refractivity contribution in [3.63, 3.8) is 0 Å². The Bertz CT molecular complexity index is 1380. The van der Waals surface area contributed by atoms with E-state index in [0.29, 0.717) is 37.5 Å². The van der Waals surface area contributed by atoms with Crippen LogP contribution in [-0.4, -0.2) is 54.8 Å². The van der Waals surface area contributed by atoms with Crippen LogP contribution in [0.25, 0.3) is 0 Å². The van der Waals surface area contributed by atoms with Crippen molar-refractivity contribution < 1.29 is 35.9 Å². The molecule has 13 heteroatoms. The van der Waals surface area contributed by atoms with E-state index < -0.39 is 32.9 Å². The zero-order valence-electron chi connectivity index (χ0n) is 22.5. The van der Waals surface area contributed by atoms with Crippen molar-refractivity contribution in [2.75, 3.05) is 19.8 Å². The Labute approximate surface area is 226 Å². The largest absolute Gasteiger partial charge is 0.491 e. The standard InChI is InChI=1S/C26H35F3N4O5S/c1-25(2,3)22-15-23(33(32(22)4)16-18-6-5-12-37-18)31-24(34)20-14-17(26(27,28)29)7-10-21(20)38-13-11-30-39(35,36)19-8-9-19/h7,10,14-15,18-19,30H,5-6,8-9,11-13,16H2,1-4H3/t18-/m1/s1. The predicted molar refractivity (Wildman–Crippen MR) is 138 cm³/mol. The van der Waals surface area contributed by atoms with Gasteiger partial charge < -0.3 is 9.47 Å². The SMILES string of the molecule is Cn1c(C(C)(C)C)cc(=NC(=O)c2cc(C(F)(F)F)ccc2OCCNS(=O)(=O)C2CC2)n1C[C@H]1CCCO1. The Balaban J connectivity index is 1.66. The van der Waals surface area contributed by atoms with Gasteiger partial charge in [0.1, 0.15) is 12.4 Å². The zero-order chi connectivity index (χ0) is 28.6. The third-order valence-electron chi connectivity index (χ3n) is 6.79. The second-order valence-electron chi connectivity index (χ2n) is 11.0. The molecule has 1 aliphatic carbocycles. The molecule has 1 N–H and O–H groups in total. The predicted octanol–water partition coefficient (Wildman–Crippen LogP) is 3.52. The summed E-state index contributed by atoms with van der Waals surface area (Å²) < 4.78 is 82.0. The first-order valence-electron chi connectivity index (χ1n) is 13.0. The van der Waals surface area contributed by atoms with E-state index in [-0.39, 0.29) is 36.0 Å². The number of hydrogen-bond acceptors (Lipinski definition) is 5. The maximum absolute atomic E-state index is 13.5. The summed E-state index contributed by atoms with van der Waals surface area (Å²) in [6.07, 6.45) is -1.77. The smallest absolute Gasteiger partial charge is 0.416 e. The first-order chi connectivity index (χ1) is 18.2. The molecule has 0 spiro atoms. The van der Waals surface area contributed by atoms with Crippen molar-refractivity contribution in [2.45, 2.75) is 75.9 Å². The molecule has 2 heterocycles. The highest BCUT2D eigenvalue weighted by Gasteiger charge is 2.35. The molecule has 1 amide bonds. The van der Waals surface area contributed by atoms with E-state index in [1.54, 1.807) is 10.7 Å². The first kappa shape index (κ1) is 29.3. The monoisotopic (exact) mass is 572 g/mol. The third kappa shape index (κ3) is 7.12. The van der Waals surface area contributed by atoms with Crippen LogP contribution in [0.1, 0.15) is 68.1 Å². The van der Waals surface area contributed by atoms with Gasteiger partial charge in [-0.05, 0) is 43.9 Å². The number of halogens is 3. The van der Waals surface area contributed by atoms with Crippen LogP contribution in [0.3, 0.4) is 0 Å². The van der Waals surface area contributed by atoms with Gasteiger partial charge in [-0.25, -0.2) is 13.1 Å². The average molecular weight is 573 g/mol. The number of sulfonamides is 1. The molecule has 1 saturated carbocycles. The van der Waals surface area contributed by atoms with Crippen LogP contribution in [0.4, 0.5) is 13.2 Å². The summed E-state index contributed by atoms with van der Waals surface area (Å²) in [4.78, 5) is 17.6. The zero-order valence-corrected chi connectivity index (χ0v) is 23.4. The van der Waals surface area contributed by atoms with Crippen molar-refractivity contribution in [1.29, 1.82) is 0 Å². The second-order valence-corrected chi connectivity index (χ2v) is 13.0. The van der Waals surface area contributed by atoms with Gasteiger partial charge in [-0.3, -0.25) is 14.2 Å². The van der Waals surface area contributed by atoms with Crippen molar-refractivity contribution in [3.8, 4) is 5.75 Å². The van der Waals surface area contributed by atoms with E-state index in [1.165, 1.54) is 0 Å². The van der Waals surface area contributed by atoms with Gasteiger partial charge >= 0.3 is 6.18 Å². The van der Waals surface area contributed by atoms with Crippen molar-refractivity contribution in [1.82, 2.24) is 14.1 Å². The Morgan fingerprint density at radius 3 is 2.49 bits per heavy atom. The number of carbonyl (C=O) groups excluding carboxylic acids is 1. The fourth-order valence-electron chi connectivity index (χ4n) is 4.57. The van der Waals surface area contributed by atoms with Gasteiger partial charge in [0.15, 0.2) is 5.49 Å². The molecule has 1 saturated heterocycles. The van der Waals surface area contributed by atoms with Gasteiger partial charge in [0.25, 0.3) is 5.91 Å². The Kier molecular flexibility index (Phi) is 8.34. The van der Waals surface area contributed by atoms with Gasteiger partial charge in [0.2, 0.25) is 10.0 Å². The number of alkyl halides is 3. The molecule has 2 aliphatic rings. The summed E-state index contributed by atoms with van der Waals surface area (Å²) in [7, 11) is -1.60. The van der Waals surface area contributed by atoms with Crippen molar-refractivity contribution in [3.05, 3.63) is 46.6 Å². The normalized spacial score (nSPS) is 19.1. The molecular weight excluding hydrogens is 537 g/mol. The molecule has 0 bridgehead atoms. The fourth-order valence-corrected chi connectivity index (χ4v) is 5.93. The third-order valence-corrected chi connectivity index (χ3v) is 8.75. The maximum atomic E-state index is 13.5. The van der Waals surface area contributed by atoms with Crippen LogP contribution in [0, 0.1) is 0 Å². The molecule has 0 radical (unpaired) electrons. The van der Waals surface area contributed by atoms with E-state index in [9.17, 15) is 26.4 Å². The molecule has 0 unspecified atom stereocenters. The molecule has 1 aromatic carbocycles. The summed E-state index contributed by atoms with van der Waals surface area (Å²) in [6, 6.07) is 4.35. The minimum atomic E-state index is -4.68. The minimum absolute atomic E-state index is 0.0626. The second kappa shape index (κ2) is 11.1. The van der Waals surface area contributed by atoms with Gasteiger partial charge in [-0.1, -0.05) is 20.8 Å². The summed E-state index contributed by atoms with van der Waals surface area (Å²) in [6.45, 7) is 6.87. The number of nitrogens with one attached hydrogen (secondary N) is 1. The number of amides is 1. The Hall–Kier alpha value is -2.64. The fraction of sp³-hybridized carbons (Fsp3) is 0.615.